The Morgan fingerprint density at radius 1 is 1.28 bits per heavy atom. The van der Waals surface area contributed by atoms with Crippen LogP contribution in [0, 0.1) is 3.57 Å². The molecule has 2 rings (SSSR count). The molecular weight excluding hydrogens is 341 g/mol. The number of anilines is 1. The molecule has 0 spiro atoms. The van der Waals surface area contributed by atoms with Crippen molar-refractivity contribution in [3.05, 3.63) is 27.8 Å². The largest absolute Gasteiger partial charge is 0.325 e. The van der Waals surface area contributed by atoms with Crippen molar-refractivity contribution in [2.75, 3.05) is 38.0 Å². The van der Waals surface area contributed by atoms with Crippen LogP contribution in [0.5, 0.6) is 0 Å². The lowest BCUT2D eigenvalue weighted by atomic mass is 10.3. The van der Waals surface area contributed by atoms with Crippen LogP contribution in [-0.2, 0) is 4.79 Å². The molecule has 1 aliphatic heterocycles. The number of carbonyl (C=O) groups excluding carboxylic acids is 1. The predicted octanol–water partition coefficient (Wildman–Crippen LogP) is 1.53. The Balaban J connectivity index is 1.82. The van der Waals surface area contributed by atoms with Crippen molar-refractivity contribution in [3.8, 4) is 0 Å². The molecule has 1 fully saturated rings. The average Bonchev–Trinajstić information content (AvgIpc) is 2.61. The van der Waals surface area contributed by atoms with Crippen molar-refractivity contribution in [3.63, 3.8) is 0 Å². The van der Waals surface area contributed by atoms with E-state index in [9.17, 15) is 4.79 Å². The highest BCUT2D eigenvalue weighted by Crippen LogP contribution is 2.11. The molecule has 1 aromatic rings. The van der Waals surface area contributed by atoms with E-state index in [4.69, 9.17) is 0 Å². The second-order valence-electron chi connectivity index (χ2n) is 4.43. The second-order valence-corrected chi connectivity index (χ2v) is 5.68. The molecule has 0 aliphatic carbocycles. The number of benzene rings is 1. The smallest absolute Gasteiger partial charge is 0.238 e. The fourth-order valence-corrected chi connectivity index (χ4v) is 2.36. The van der Waals surface area contributed by atoms with Crippen LogP contribution in [0.1, 0.15) is 6.42 Å². The van der Waals surface area contributed by atoms with Crippen molar-refractivity contribution in [2.24, 2.45) is 0 Å². The Hall–Kier alpha value is -0.660. The van der Waals surface area contributed by atoms with Crippen LogP contribution in [0.25, 0.3) is 0 Å². The quantitative estimate of drug-likeness (QED) is 0.805. The van der Waals surface area contributed by atoms with Crippen molar-refractivity contribution in [1.82, 2.24) is 10.2 Å². The van der Waals surface area contributed by atoms with Gasteiger partial charge in [-0.05, 0) is 66.4 Å². The van der Waals surface area contributed by atoms with Crippen LogP contribution in [0.4, 0.5) is 5.69 Å². The third kappa shape index (κ3) is 4.55. The molecule has 0 saturated carbocycles. The lowest BCUT2D eigenvalue weighted by Gasteiger charge is -2.18. The topological polar surface area (TPSA) is 44.4 Å². The molecular formula is C13H18IN3O. The van der Waals surface area contributed by atoms with Crippen LogP contribution >= 0.6 is 22.6 Å². The van der Waals surface area contributed by atoms with Crippen molar-refractivity contribution in [2.45, 2.75) is 6.42 Å². The highest BCUT2D eigenvalue weighted by Gasteiger charge is 2.12. The van der Waals surface area contributed by atoms with Gasteiger partial charge in [0.25, 0.3) is 0 Å². The number of carbonyl (C=O) groups is 1. The average molecular weight is 359 g/mol. The van der Waals surface area contributed by atoms with Gasteiger partial charge in [0, 0.05) is 22.3 Å². The summed E-state index contributed by atoms with van der Waals surface area (Å²) in [4.78, 5) is 14.1. The Bertz CT molecular complexity index is 386. The van der Waals surface area contributed by atoms with Crippen LogP contribution in [0.15, 0.2) is 24.3 Å². The zero-order chi connectivity index (χ0) is 12.8. The van der Waals surface area contributed by atoms with Gasteiger partial charge < -0.3 is 10.6 Å². The van der Waals surface area contributed by atoms with Gasteiger partial charge in [-0.3, -0.25) is 9.69 Å². The number of rotatable bonds is 3. The van der Waals surface area contributed by atoms with Crippen molar-refractivity contribution in [1.29, 1.82) is 0 Å². The summed E-state index contributed by atoms with van der Waals surface area (Å²) in [6, 6.07) is 7.85. The molecule has 5 heteroatoms. The minimum absolute atomic E-state index is 0.0677. The molecule has 0 atom stereocenters. The summed E-state index contributed by atoms with van der Waals surface area (Å²) in [6.45, 7) is 4.44. The highest BCUT2D eigenvalue weighted by molar-refractivity contribution is 14.1. The summed E-state index contributed by atoms with van der Waals surface area (Å²) >= 11 is 2.25. The van der Waals surface area contributed by atoms with Gasteiger partial charge in [0.15, 0.2) is 0 Å². The molecule has 1 heterocycles. The molecule has 18 heavy (non-hydrogen) atoms. The zero-order valence-electron chi connectivity index (χ0n) is 10.3. The van der Waals surface area contributed by atoms with Gasteiger partial charge in [0.2, 0.25) is 5.91 Å². The van der Waals surface area contributed by atoms with E-state index in [-0.39, 0.29) is 5.91 Å². The van der Waals surface area contributed by atoms with E-state index in [0.29, 0.717) is 6.54 Å². The van der Waals surface area contributed by atoms with Gasteiger partial charge in [-0.1, -0.05) is 0 Å². The number of amides is 1. The van der Waals surface area contributed by atoms with Gasteiger partial charge in [-0.2, -0.15) is 0 Å². The second kappa shape index (κ2) is 7.06. The SMILES string of the molecule is O=C(CN1CCCNCC1)Nc1ccc(I)cc1. The predicted molar refractivity (Wildman–Crippen MR) is 81.7 cm³/mol. The van der Waals surface area contributed by atoms with E-state index < -0.39 is 0 Å². The molecule has 4 nitrogen and oxygen atoms in total. The van der Waals surface area contributed by atoms with E-state index in [1.807, 2.05) is 24.3 Å². The number of nitrogens with zero attached hydrogens (tertiary/aromatic N) is 1. The molecule has 0 radical (unpaired) electrons. The van der Waals surface area contributed by atoms with Crippen LogP contribution in [0.2, 0.25) is 0 Å². The number of hydrogen-bond acceptors (Lipinski definition) is 3. The monoisotopic (exact) mass is 359 g/mol. The van der Waals surface area contributed by atoms with Gasteiger partial charge in [0.1, 0.15) is 0 Å². The molecule has 2 N–H and O–H groups in total. The lowest BCUT2D eigenvalue weighted by molar-refractivity contribution is -0.117. The molecule has 1 amide bonds. The Morgan fingerprint density at radius 2 is 2.06 bits per heavy atom. The first-order valence-electron chi connectivity index (χ1n) is 6.22. The minimum atomic E-state index is 0.0677. The molecule has 1 saturated heterocycles. The summed E-state index contributed by atoms with van der Waals surface area (Å²) < 4.78 is 1.17. The zero-order valence-corrected chi connectivity index (χ0v) is 12.4. The summed E-state index contributed by atoms with van der Waals surface area (Å²) in [5.74, 6) is 0.0677. The molecule has 98 valence electrons. The van der Waals surface area contributed by atoms with E-state index in [1.165, 1.54) is 3.57 Å². The normalized spacial score (nSPS) is 17.2. The maximum absolute atomic E-state index is 11.9. The van der Waals surface area contributed by atoms with E-state index in [0.717, 1.165) is 38.3 Å². The first kappa shape index (κ1) is 13.8. The molecule has 0 unspecified atom stereocenters. The minimum Gasteiger partial charge on any atom is -0.325 e. The van der Waals surface area contributed by atoms with Gasteiger partial charge in [0.05, 0.1) is 6.54 Å². The third-order valence-electron chi connectivity index (χ3n) is 2.93. The first-order chi connectivity index (χ1) is 8.74. The molecule has 1 aliphatic rings. The maximum Gasteiger partial charge on any atom is 0.238 e. The van der Waals surface area contributed by atoms with Crippen LogP contribution in [0.3, 0.4) is 0 Å². The van der Waals surface area contributed by atoms with Crippen molar-refractivity contribution < 1.29 is 4.79 Å². The molecule has 0 bridgehead atoms. The van der Waals surface area contributed by atoms with Crippen LogP contribution in [-0.4, -0.2) is 43.5 Å². The summed E-state index contributed by atoms with van der Waals surface area (Å²) in [5.41, 5.74) is 0.869. The van der Waals surface area contributed by atoms with Gasteiger partial charge in [-0.25, -0.2) is 0 Å². The lowest BCUT2D eigenvalue weighted by Crippen LogP contribution is -2.35. The summed E-state index contributed by atoms with van der Waals surface area (Å²) in [7, 11) is 0. The fraction of sp³-hybridized carbons (Fsp3) is 0.462. The van der Waals surface area contributed by atoms with Crippen molar-refractivity contribution >= 4 is 34.2 Å². The Labute approximate surface area is 121 Å². The van der Waals surface area contributed by atoms with E-state index >= 15 is 0 Å². The Morgan fingerprint density at radius 3 is 2.83 bits per heavy atom. The standard InChI is InChI=1S/C13H18IN3O/c14-11-2-4-12(5-3-11)16-13(18)10-17-8-1-6-15-7-9-17/h2-5,15H,1,6-10H2,(H,16,18). The Kier molecular flexibility index (Phi) is 5.40. The number of hydrogen-bond donors (Lipinski definition) is 2. The van der Waals surface area contributed by atoms with Gasteiger partial charge in [-0.15, -0.1) is 0 Å². The third-order valence-corrected chi connectivity index (χ3v) is 3.65. The highest BCUT2D eigenvalue weighted by atomic mass is 127. The van der Waals surface area contributed by atoms with E-state index in [2.05, 4.69) is 38.1 Å². The number of halogens is 1. The molecule has 1 aromatic carbocycles. The maximum atomic E-state index is 11.9. The first-order valence-corrected chi connectivity index (χ1v) is 7.30. The summed E-state index contributed by atoms with van der Waals surface area (Å²) in [5, 5.41) is 6.26. The van der Waals surface area contributed by atoms with E-state index in [1.54, 1.807) is 0 Å². The fourth-order valence-electron chi connectivity index (χ4n) is 2.00. The van der Waals surface area contributed by atoms with Crippen LogP contribution < -0.4 is 10.6 Å². The number of nitrogens with one attached hydrogen (secondary N) is 2. The molecule has 0 aromatic heterocycles. The summed E-state index contributed by atoms with van der Waals surface area (Å²) in [6.07, 6.45) is 1.11. The van der Waals surface area contributed by atoms with Gasteiger partial charge >= 0.3 is 0 Å².